The van der Waals surface area contributed by atoms with Gasteiger partial charge in [0.25, 0.3) is 0 Å². The van der Waals surface area contributed by atoms with Gasteiger partial charge in [-0.1, -0.05) is 6.07 Å². The van der Waals surface area contributed by atoms with E-state index in [0.29, 0.717) is 6.54 Å². The minimum atomic E-state index is 0.131. The summed E-state index contributed by atoms with van der Waals surface area (Å²) in [4.78, 5) is 13.7. The Morgan fingerprint density at radius 3 is 2.39 bits per heavy atom. The summed E-state index contributed by atoms with van der Waals surface area (Å²) in [6.07, 6.45) is 0. The van der Waals surface area contributed by atoms with Crippen LogP contribution in [-0.4, -0.2) is 30.4 Å². The molecule has 0 bridgehead atoms. The van der Waals surface area contributed by atoms with Gasteiger partial charge in [0, 0.05) is 17.6 Å². The maximum atomic E-state index is 11.9. The van der Waals surface area contributed by atoms with Crippen LogP contribution in [-0.2, 0) is 4.79 Å². The number of rotatable bonds is 5. The Bertz CT molecular complexity index is 405. The van der Waals surface area contributed by atoms with Crippen molar-refractivity contribution in [1.29, 1.82) is 0 Å². The second kappa shape index (κ2) is 6.78. The Morgan fingerprint density at radius 2 is 1.89 bits per heavy atom. The molecule has 1 amide bonds. The number of hydrogen-bond donors (Lipinski definition) is 1. The largest absolute Gasteiger partial charge is 0.375 e. The van der Waals surface area contributed by atoms with Crippen molar-refractivity contribution in [1.82, 2.24) is 4.90 Å². The fraction of sp³-hybridized carbons (Fsp3) is 0.500. The highest BCUT2D eigenvalue weighted by Gasteiger charge is 2.11. The molecule has 3 nitrogen and oxygen atoms in total. The Morgan fingerprint density at radius 1 is 1.28 bits per heavy atom. The summed E-state index contributed by atoms with van der Waals surface area (Å²) in [5, 5.41) is 3.22. The van der Waals surface area contributed by atoms with Crippen molar-refractivity contribution in [3.8, 4) is 0 Å². The van der Waals surface area contributed by atoms with Crippen LogP contribution in [0, 0.1) is 13.8 Å². The van der Waals surface area contributed by atoms with Crippen LogP contribution in [0.1, 0.15) is 25.0 Å². The van der Waals surface area contributed by atoms with Gasteiger partial charge in [-0.3, -0.25) is 4.79 Å². The first-order chi connectivity index (χ1) is 8.49. The summed E-state index contributed by atoms with van der Waals surface area (Å²) in [7, 11) is 0. The molecule has 0 saturated heterocycles. The number of halogens is 1. The fourth-order valence-electron chi connectivity index (χ4n) is 1.99. The molecule has 0 aliphatic rings. The molecule has 100 valence electrons. The zero-order valence-corrected chi connectivity index (χ0v) is 13.1. The Hall–Kier alpha value is -1.03. The number of amides is 1. The topological polar surface area (TPSA) is 32.3 Å². The SMILES string of the molecule is CCN(CC)C(=O)CNc1c(C)cc(C)cc1Br. The van der Waals surface area contributed by atoms with Gasteiger partial charge in [0.15, 0.2) is 0 Å². The van der Waals surface area contributed by atoms with Crippen molar-refractivity contribution >= 4 is 27.5 Å². The van der Waals surface area contributed by atoms with Crippen molar-refractivity contribution in [2.24, 2.45) is 0 Å². The van der Waals surface area contributed by atoms with E-state index in [1.807, 2.05) is 25.7 Å². The van der Waals surface area contributed by atoms with Crippen molar-refractivity contribution < 1.29 is 4.79 Å². The molecule has 0 aliphatic heterocycles. The first-order valence-corrected chi connectivity index (χ1v) is 7.07. The van der Waals surface area contributed by atoms with E-state index in [-0.39, 0.29) is 5.91 Å². The summed E-state index contributed by atoms with van der Waals surface area (Å²) < 4.78 is 1.01. The predicted molar refractivity (Wildman–Crippen MR) is 80.0 cm³/mol. The predicted octanol–water partition coefficient (Wildman–Crippen LogP) is 3.35. The third kappa shape index (κ3) is 3.73. The normalized spacial score (nSPS) is 10.3. The maximum Gasteiger partial charge on any atom is 0.241 e. The van der Waals surface area contributed by atoms with Crippen LogP contribution in [0.25, 0.3) is 0 Å². The van der Waals surface area contributed by atoms with Crippen LogP contribution in [0.3, 0.4) is 0 Å². The van der Waals surface area contributed by atoms with E-state index in [1.165, 1.54) is 5.56 Å². The number of anilines is 1. The molecule has 18 heavy (non-hydrogen) atoms. The van der Waals surface area contributed by atoms with E-state index < -0.39 is 0 Å². The molecule has 1 aromatic carbocycles. The molecule has 0 saturated carbocycles. The van der Waals surface area contributed by atoms with E-state index in [2.05, 4.69) is 40.3 Å². The van der Waals surface area contributed by atoms with Gasteiger partial charge in [-0.05, 0) is 60.8 Å². The van der Waals surface area contributed by atoms with E-state index >= 15 is 0 Å². The summed E-state index contributed by atoms with van der Waals surface area (Å²) in [6.45, 7) is 9.94. The monoisotopic (exact) mass is 312 g/mol. The lowest BCUT2D eigenvalue weighted by molar-refractivity contribution is -0.128. The van der Waals surface area contributed by atoms with Gasteiger partial charge in [-0.25, -0.2) is 0 Å². The highest BCUT2D eigenvalue weighted by molar-refractivity contribution is 9.10. The number of carbonyl (C=O) groups is 1. The van der Waals surface area contributed by atoms with E-state index in [0.717, 1.165) is 28.8 Å². The summed E-state index contributed by atoms with van der Waals surface area (Å²) in [5.41, 5.74) is 3.36. The van der Waals surface area contributed by atoms with E-state index in [4.69, 9.17) is 0 Å². The summed E-state index contributed by atoms with van der Waals surface area (Å²) in [6, 6.07) is 4.16. The van der Waals surface area contributed by atoms with Gasteiger partial charge in [0.1, 0.15) is 0 Å². The van der Waals surface area contributed by atoms with Crippen molar-refractivity contribution in [3.63, 3.8) is 0 Å². The molecule has 0 aliphatic carbocycles. The number of hydrogen-bond acceptors (Lipinski definition) is 2. The molecular formula is C14H21BrN2O. The van der Waals surface area contributed by atoms with Gasteiger partial charge in [0.2, 0.25) is 5.91 Å². The molecule has 0 spiro atoms. The van der Waals surface area contributed by atoms with E-state index in [9.17, 15) is 4.79 Å². The van der Waals surface area contributed by atoms with Crippen LogP contribution < -0.4 is 5.32 Å². The Kier molecular flexibility index (Phi) is 5.66. The Labute approximate surface area is 118 Å². The molecule has 1 aromatic rings. The molecule has 0 aromatic heterocycles. The second-order valence-corrected chi connectivity index (χ2v) is 5.21. The lowest BCUT2D eigenvalue weighted by atomic mass is 10.1. The third-order valence-electron chi connectivity index (χ3n) is 2.96. The highest BCUT2D eigenvalue weighted by Crippen LogP contribution is 2.27. The summed E-state index contributed by atoms with van der Waals surface area (Å²) in [5.74, 6) is 0.131. The zero-order valence-electron chi connectivity index (χ0n) is 11.5. The molecule has 1 rings (SSSR count). The first-order valence-electron chi connectivity index (χ1n) is 6.28. The minimum Gasteiger partial charge on any atom is -0.375 e. The van der Waals surface area contributed by atoms with Gasteiger partial charge >= 0.3 is 0 Å². The number of benzene rings is 1. The molecule has 0 heterocycles. The first kappa shape index (κ1) is 15.0. The van der Waals surface area contributed by atoms with Gasteiger partial charge in [0.05, 0.1) is 12.2 Å². The van der Waals surface area contributed by atoms with Crippen molar-refractivity contribution in [2.45, 2.75) is 27.7 Å². The number of likely N-dealkylation sites (N-methyl/N-ethyl adjacent to an activating group) is 1. The average Bonchev–Trinajstić information content (AvgIpc) is 2.29. The van der Waals surface area contributed by atoms with Crippen LogP contribution in [0.5, 0.6) is 0 Å². The maximum absolute atomic E-state index is 11.9. The molecule has 0 fully saturated rings. The third-order valence-corrected chi connectivity index (χ3v) is 3.59. The number of aryl methyl sites for hydroxylation is 2. The van der Waals surface area contributed by atoms with Crippen LogP contribution in [0.4, 0.5) is 5.69 Å². The van der Waals surface area contributed by atoms with Crippen molar-refractivity contribution in [3.05, 3.63) is 27.7 Å². The average molecular weight is 313 g/mol. The lowest BCUT2D eigenvalue weighted by Gasteiger charge is -2.20. The van der Waals surface area contributed by atoms with Crippen LogP contribution >= 0.6 is 15.9 Å². The minimum absolute atomic E-state index is 0.131. The Balaban J connectivity index is 2.72. The van der Waals surface area contributed by atoms with Gasteiger partial charge < -0.3 is 10.2 Å². The number of carbonyl (C=O) groups excluding carboxylic acids is 1. The van der Waals surface area contributed by atoms with Gasteiger partial charge in [-0.15, -0.1) is 0 Å². The molecule has 4 heteroatoms. The molecule has 0 unspecified atom stereocenters. The summed E-state index contributed by atoms with van der Waals surface area (Å²) >= 11 is 3.53. The standard InChI is InChI=1S/C14H21BrN2O/c1-5-17(6-2)13(18)9-16-14-11(4)7-10(3)8-12(14)15/h7-8,16H,5-6,9H2,1-4H3. The molecule has 0 atom stereocenters. The fourth-order valence-corrected chi connectivity index (χ4v) is 2.81. The number of nitrogens with one attached hydrogen (secondary N) is 1. The quantitative estimate of drug-likeness (QED) is 0.904. The van der Waals surface area contributed by atoms with E-state index in [1.54, 1.807) is 0 Å². The number of nitrogens with zero attached hydrogens (tertiary/aromatic N) is 1. The van der Waals surface area contributed by atoms with Crippen LogP contribution in [0.15, 0.2) is 16.6 Å². The zero-order chi connectivity index (χ0) is 13.7. The van der Waals surface area contributed by atoms with Crippen LogP contribution in [0.2, 0.25) is 0 Å². The van der Waals surface area contributed by atoms with Crippen molar-refractivity contribution in [2.75, 3.05) is 25.0 Å². The lowest BCUT2D eigenvalue weighted by Crippen LogP contribution is -2.35. The highest BCUT2D eigenvalue weighted by atomic mass is 79.9. The second-order valence-electron chi connectivity index (χ2n) is 4.36. The molecule has 1 N–H and O–H groups in total. The molecule has 0 radical (unpaired) electrons. The molecular weight excluding hydrogens is 292 g/mol. The van der Waals surface area contributed by atoms with Gasteiger partial charge in [-0.2, -0.15) is 0 Å². The smallest absolute Gasteiger partial charge is 0.241 e.